The van der Waals surface area contributed by atoms with Crippen LogP contribution in [-0.2, 0) is 0 Å². The lowest BCUT2D eigenvalue weighted by Crippen LogP contribution is -2.20. The van der Waals surface area contributed by atoms with E-state index >= 15 is 0 Å². The molecule has 1 atom stereocenters. The lowest BCUT2D eigenvalue weighted by Gasteiger charge is -2.15. The summed E-state index contributed by atoms with van der Waals surface area (Å²) in [5, 5.41) is 6.69. The highest BCUT2D eigenvalue weighted by molar-refractivity contribution is 7.99. The number of imidazole rings is 1. The Hall–Kier alpha value is -1.43. The summed E-state index contributed by atoms with van der Waals surface area (Å²) in [7, 11) is 0. The topological polar surface area (TPSA) is 54.2 Å². The van der Waals surface area contributed by atoms with Gasteiger partial charge in [-0.15, -0.1) is 0 Å². The summed E-state index contributed by atoms with van der Waals surface area (Å²) < 4.78 is 1.99. The molecule has 0 spiro atoms. The van der Waals surface area contributed by atoms with E-state index in [0.29, 0.717) is 6.04 Å². The fourth-order valence-corrected chi connectivity index (χ4v) is 2.54. The van der Waals surface area contributed by atoms with Gasteiger partial charge < -0.3 is 15.0 Å². The van der Waals surface area contributed by atoms with E-state index in [2.05, 4.69) is 41.4 Å². The molecule has 2 aromatic heterocycles. The zero-order valence-electron chi connectivity index (χ0n) is 11.7. The lowest BCUT2D eigenvalue weighted by molar-refractivity contribution is 0.898. The minimum atomic E-state index is 0.370. The molecule has 0 bridgehead atoms. The van der Waals surface area contributed by atoms with E-state index in [1.54, 1.807) is 6.20 Å². The average molecular weight is 279 g/mol. The van der Waals surface area contributed by atoms with Crippen molar-refractivity contribution >= 4 is 29.0 Å². The molecule has 0 radical (unpaired) electrons. The molecule has 0 aliphatic heterocycles. The number of thioether (sulfide) groups is 1. The van der Waals surface area contributed by atoms with Crippen molar-refractivity contribution < 1.29 is 0 Å². The molecule has 2 heterocycles. The van der Waals surface area contributed by atoms with Crippen LogP contribution in [0.15, 0.2) is 18.6 Å². The van der Waals surface area contributed by atoms with Crippen LogP contribution in [0.5, 0.6) is 0 Å². The van der Waals surface area contributed by atoms with Gasteiger partial charge in [0.05, 0.1) is 6.20 Å². The predicted octanol–water partition coefficient (Wildman–Crippen LogP) is 2.71. The van der Waals surface area contributed by atoms with E-state index < -0.39 is 0 Å². The summed E-state index contributed by atoms with van der Waals surface area (Å²) >= 11 is 1.92. The van der Waals surface area contributed by atoms with Crippen LogP contribution < -0.4 is 10.6 Å². The summed E-state index contributed by atoms with van der Waals surface area (Å²) in [6, 6.07) is 0.370. The van der Waals surface area contributed by atoms with E-state index in [-0.39, 0.29) is 0 Å². The van der Waals surface area contributed by atoms with Crippen molar-refractivity contribution in [1.82, 2.24) is 14.4 Å². The second-order valence-electron chi connectivity index (χ2n) is 4.37. The Morgan fingerprint density at radius 1 is 1.42 bits per heavy atom. The van der Waals surface area contributed by atoms with Crippen molar-refractivity contribution in [1.29, 1.82) is 0 Å². The average Bonchev–Trinajstić information content (AvgIpc) is 2.85. The van der Waals surface area contributed by atoms with Gasteiger partial charge in [0.15, 0.2) is 11.5 Å². The Bertz CT molecular complexity index is 525. The number of nitrogens with zero attached hydrogens (tertiary/aromatic N) is 3. The number of hydrogen-bond donors (Lipinski definition) is 2. The molecule has 0 aliphatic rings. The number of hydrogen-bond acceptors (Lipinski definition) is 5. The highest BCUT2D eigenvalue weighted by atomic mass is 32.2. The van der Waals surface area contributed by atoms with Crippen LogP contribution in [0.4, 0.5) is 11.6 Å². The molecule has 5 nitrogen and oxygen atoms in total. The second kappa shape index (κ2) is 6.65. The monoisotopic (exact) mass is 279 g/mol. The van der Waals surface area contributed by atoms with Gasteiger partial charge in [-0.05, 0) is 19.6 Å². The summed E-state index contributed by atoms with van der Waals surface area (Å²) in [4.78, 5) is 8.95. The molecule has 0 aromatic carbocycles. The maximum Gasteiger partial charge on any atom is 0.180 e. The molecule has 2 rings (SSSR count). The fraction of sp³-hybridized carbons (Fsp3) is 0.538. The Kier molecular flexibility index (Phi) is 4.90. The van der Waals surface area contributed by atoms with Crippen LogP contribution in [0.25, 0.3) is 5.65 Å². The third-order valence-electron chi connectivity index (χ3n) is 2.69. The zero-order valence-corrected chi connectivity index (χ0v) is 12.5. The van der Waals surface area contributed by atoms with Gasteiger partial charge in [0, 0.05) is 30.7 Å². The molecule has 0 amide bonds. The van der Waals surface area contributed by atoms with Crippen molar-refractivity contribution in [2.75, 3.05) is 28.7 Å². The highest BCUT2D eigenvalue weighted by Gasteiger charge is 2.10. The normalized spacial score (nSPS) is 12.6. The quantitative estimate of drug-likeness (QED) is 0.816. The van der Waals surface area contributed by atoms with E-state index in [4.69, 9.17) is 0 Å². The summed E-state index contributed by atoms with van der Waals surface area (Å²) in [5.74, 6) is 3.91. The first-order valence-corrected chi connectivity index (χ1v) is 7.82. The van der Waals surface area contributed by atoms with Crippen LogP contribution in [0.2, 0.25) is 0 Å². The second-order valence-corrected chi connectivity index (χ2v) is 5.69. The van der Waals surface area contributed by atoms with E-state index in [9.17, 15) is 0 Å². The molecular formula is C13H21N5S. The smallest absolute Gasteiger partial charge is 0.180 e. The third-order valence-corrected chi connectivity index (χ3v) is 3.83. The molecule has 104 valence electrons. The molecule has 19 heavy (non-hydrogen) atoms. The van der Waals surface area contributed by atoms with Crippen LogP contribution in [0, 0.1) is 0 Å². The van der Waals surface area contributed by atoms with Crippen molar-refractivity contribution in [2.45, 2.75) is 26.8 Å². The summed E-state index contributed by atoms with van der Waals surface area (Å²) in [6.07, 6.45) is 5.69. The standard InChI is InChI=1S/C13H21N5S/c1-4-14-11-8-18-7-6-15-13(18)12(17-11)16-10(3)9-19-5-2/h6-8,10,14H,4-5,9H2,1-3H3,(H,16,17). The van der Waals surface area contributed by atoms with Gasteiger partial charge in [0.2, 0.25) is 0 Å². The summed E-state index contributed by atoms with van der Waals surface area (Å²) in [5.41, 5.74) is 0.870. The van der Waals surface area contributed by atoms with Gasteiger partial charge in [0.1, 0.15) is 5.82 Å². The van der Waals surface area contributed by atoms with E-state index in [0.717, 1.165) is 35.3 Å². The Labute approximate surface area is 118 Å². The van der Waals surface area contributed by atoms with Gasteiger partial charge >= 0.3 is 0 Å². The third kappa shape index (κ3) is 3.53. The minimum Gasteiger partial charge on any atom is -0.369 e. The molecule has 6 heteroatoms. The maximum absolute atomic E-state index is 4.60. The van der Waals surface area contributed by atoms with Crippen LogP contribution in [-0.4, -0.2) is 38.5 Å². The van der Waals surface area contributed by atoms with Gasteiger partial charge in [-0.2, -0.15) is 11.8 Å². The molecule has 0 fully saturated rings. The van der Waals surface area contributed by atoms with Crippen molar-refractivity contribution in [3.63, 3.8) is 0 Å². The Morgan fingerprint density at radius 2 is 2.26 bits per heavy atom. The molecule has 0 saturated carbocycles. The van der Waals surface area contributed by atoms with Gasteiger partial charge in [-0.1, -0.05) is 6.92 Å². The molecule has 0 saturated heterocycles. The number of anilines is 2. The molecule has 2 N–H and O–H groups in total. The molecule has 1 unspecified atom stereocenters. The first-order chi connectivity index (χ1) is 9.24. The number of rotatable bonds is 7. The van der Waals surface area contributed by atoms with Gasteiger partial charge in [-0.25, -0.2) is 9.97 Å². The fourth-order valence-electron chi connectivity index (χ4n) is 1.86. The van der Waals surface area contributed by atoms with Crippen LogP contribution in [0.3, 0.4) is 0 Å². The first-order valence-electron chi connectivity index (χ1n) is 6.66. The number of aromatic nitrogens is 3. The van der Waals surface area contributed by atoms with Crippen molar-refractivity contribution in [3.8, 4) is 0 Å². The Balaban J connectivity index is 2.21. The molecule has 2 aromatic rings. The SMILES string of the molecule is CCNc1cn2ccnc2c(NC(C)CSCC)n1. The van der Waals surface area contributed by atoms with Crippen LogP contribution in [0.1, 0.15) is 20.8 Å². The van der Waals surface area contributed by atoms with Gasteiger partial charge in [-0.3, -0.25) is 0 Å². The van der Waals surface area contributed by atoms with E-state index in [1.165, 1.54) is 0 Å². The van der Waals surface area contributed by atoms with Crippen molar-refractivity contribution in [2.24, 2.45) is 0 Å². The first kappa shape index (κ1) is 14.0. The van der Waals surface area contributed by atoms with Crippen LogP contribution >= 0.6 is 11.8 Å². The minimum absolute atomic E-state index is 0.370. The molecule has 0 aliphatic carbocycles. The predicted molar refractivity (Wildman–Crippen MR) is 83.2 cm³/mol. The number of nitrogens with one attached hydrogen (secondary N) is 2. The van der Waals surface area contributed by atoms with Gasteiger partial charge in [0.25, 0.3) is 0 Å². The zero-order chi connectivity index (χ0) is 13.7. The number of fused-ring (bicyclic) bond motifs is 1. The highest BCUT2D eigenvalue weighted by Crippen LogP contribution is 2.18. The van der Waals surface area contributed by atoms with Crippen molar-refractivity contribution in [3.05, 3.63) is 18.6 Å². The van der Waals surface area contributed by atoms with E-state index in [1.807, 2.05) is 28.6 Å². The Morgan fingerprint density at radius 3 is 3.00 bits per heavy atom. The molecular weight excluding hydrogens is 258 g/mol. The maximum atomic E-state index is 4.60. The lowest BCUT2D eigenvalue weighted by atomic mass is 10.4. The summed E-state index contributed by atoms with van der Waals surface area (Å²) in [6.45, 7) is 7.26. The largest absolute Gasteiger partial charge is 0.369 e.